The summed E-state index contributed by atoms with van der Waals surface area (Å²) in [5.41, 5.74) is 6.85. The first-order chi connectivity index (χ1) is 17.3. The standard InChI is InChI=1S/C24H23F6N5O2/c1-13-3-5-14(6-4-13)17-12-19(33-22(36)20(17)21(31)34-35-32)16-8-7-15(11-18(16)24(28,29)30)37-10-2-9-23(25,26)27/h3-8,11-12,35H,2,9-10,32H2,1H3,(H2,31,34)(H,33,36). The average molecular weight is 527 g/mol. The number of H-pyrrole nitrogens is 1. The van der Waals surface area contributed by atoms with E-state index in [0.717, 1.165) is 11.6 Å². The number of pyridine rings is 1. The van der Waals surface area contributed by atoms with Gasteiger partial charge in [-0.2, -0.15) is 26.3 Å². The van der Waals surface area contributed by atoms with Crippen molar-refractivity contribution >= 4 is 5.84 Å². The van der Waals surface area contributed by atoms with Gasteiger partial charge in [0, 0.05) is 23.2 Å². The second-order valence-corrected chi connectivity index (χ2v) is 8.07. The molecule has 0 aliphatic heterocycles. The molecule has 0 spiro atoms. The summed E-state index contributed by atoms with van der Waals surface area (Å²) < 4.78 is 84.0. The molecule has 0 saturated carbocycles. The Morgan fingerprint density at radius 2 is 1.70 bits per heavy atom. The lowest BCUT2D eigenvalue weighted by atomic mass is 9.95. The topological polar surface area (TPSA) is 119 Å². The fraction of sp³-hybridized carbons (Fsp3) is 0.250. The van der Waals surface area contributed by atoms with E-state index >= 15 is 0 Å². The highest BCUT2D eigenvalue weighted by molar-refractivity contribution is 6.03. The largest absolute Gasteiger partial charge is 0.494 e. The highest BCUT2D eigenvalue weighted by atomic mass is 19.4. The lowest BCUT2D eigenvalue weighted by Gasteiger charge is -2.17. The summed E-state index contributed by atoms with van der Waals surface area (Å²) in [6.07, 6.45) is -10.8. The maximum atomic E-state index is 14.0. The molecule has 0 amide bonds. The van der Waals surface area contributed by atoms with Gasteiger partial charge < -0.3 is 15.5 Å². The second kappa shape index (κ2) is 10.9. The van der Waals surface area contributed by atoms with E-state index in [2.05, 4.69) is 10.1 Å². The van der Waals surface area contributed by atoms with Gasteiger partial charge in [0.1, 0.15) is 5.75 Å². The van der Waals surface area contributed by atoms with E-state index in [1.54, 1.807) is 24.3 Å². The third-order valence-electron chi connectivity index (χ3n) is 5.30. The average Bonchev–Trinajstić information content (AvgIpc) is 2.80. The lowest BCUT2D eigenvalue weighted by Crippen LogP contribution is -2.30. The van der Waals surface area contributed by atoms with Crippen molar-refractivity contribution in [3.63, 3.8) is 0 Å². The molecule has 0 radical (unpaired) electrons. The van der Waals surface area contributed by atoms with E-state index in [0.29, 0.717) is 11.6 Å². The molecule has 0 unspecified atom stereocenters. The monoisotopic (exact) mass is 527 g/mol. The van der Waals surface area contributed by atoms with Crippen molar-refractivity contribution in [2.24, 2.45) is 16.7 Å². The van der Waals surface area contributed by atoms with Crippen LogP contribution in [0.5, 0.6) is 5.75 Å². The van der Waals surface area contributed by atoms with Gasteiger partial charge in [0.15, 0.2) is 5.84 Å². The Bertz CT molecular complexity index is 1330. The number of rotatable bonds is 8. The number of hydrazine groups is 1. The SMILES string of the molecule is Cc1ccc(-c2cc(-c3ccc(OCCCC(F)(F)F)cc3C(F)(F)F)[nH]c(=O)c2/C(N)=N/NN)cc1. The van der Waals surface area contributed by atoms with Gasteiger partial charge >= 0.3 is 12.4 Å². The second-order valence-electron chi connectivity index (χ2n) is 8.07. The quantitative estimate of drug-likeness (QED) is 0.0835. The number of hydrazone groups is 1. The van der Waals surface area contributed by atoms with Crippen LogP contribution in [0, 0.1) is 6.92 Å². The third-order valence-corrected chi connectivity index (χ3v) is 5.30. The lowest BCUT2D eigenvalue weighted by molar-refractivity contribution is -0.137. The number of alkyl halides is 6. The highest BCUT2D eigenvalue weighted by Gasteiger charge is 2.35. The number of aromatic amines is 1. The Kier molecular flexibility index (Phi) is 8.16. The molecule has 0 bridgehead atoms. The van der Waals surface area contributed by atoms with Gasteiger partial charge in [-0.1, -0.05) is 29.8 Å². The van der Waals surface area contributed by atoms with E-state index in [1.807, 2.05) is 12.5 Å². The molecule has 2 aromatic carbocycles. The summed E-state index contributed by atoms with van der Waals surface area (Å²) in [4.78, 5) is 15.4. The fourth-order valence-electron chi connectivity index (χ4n) is 3.59. The Morgan fingerprint density at radius 1 is 1.03 bits per heavy atom. The number of amidine groups is 1. The number of nitrogens with zero attached hydrogens (tertiary/aromatic N) is 1. The molecule has 0 aliphatic carbocycles. The van der Waals surface area contributed by atoms with Crippen LogP contribution in [0.15, 0.2) is 58.4 Å². The van der Waals surface area contributed by atoms with E-state index in [4.69, 9.17) is 16.3 Å². The van der Waals surface area contributed by atoms with Crippen LogP contribution in [0.3, 0.4) is 0 Å². The summed E-state index contributed by atoms with van der Waals surface area (Å²) in [5.74, 6) is 4.62. The maximum absolute atomic E-state index is 14.0. The minimum absolute atomic E-state index is 0.108. The normalized spacial score (nSPS) is 12.5. The van der Waals surface area contributed by atoms with Crippen molar-refractivity contribution in [1.29, 1.82) is 0 Å². The Morgan fingerprint density at radius 3 is 2.30 bits per heavy atom. The van der Waals surface area contributed by atoms with Crippen LogP contribution < -0.4 is 27.4 Å². The van der Waals surface area contributed by atoms with Crippen LogP contribution in [-0.2, 0) is 6.18 Å². The first kappa shape index (κ1) is 27.6. The van der Waals surface area contributed by atoms with Crippen LogP contribution in [0.2, 0.25) is 0 Å². The van der Waals surface area contributed by atoms with Gasteiger partial charge in [-0.25, -0.2) is 11.4 Å². The molecule has 37 heavy (non-hydrogen) atoms. The molecule has 0 fully saturated rings. The number of aryl methyl sites for hydroxylation is 1. The van der Waals surface area contributed by atoms with Gasteiger partial charge in [-0.15, -0.1) is 5.10 Å². The molecule has 3 rings (SSSR count). The zero-order valence-corrected chi connectivity index (χ0v) is 19.4. The first-order valence-electron chi connectivity index (χ1n) is 10.8. The molecule has 1 aromatic heterocycles. The number of ether oxygens (including phenoxy) is 1. The molecule has 13 heteroatoms. The number of hydrogen-bond donors (Lipinski definition) is 4. The van der Waals surface area contributed by atoms with Crippen molar-refractivity contribution in [3.05, 3.63) is 75.6 Å². The molecule has 6 N–H and O–H groups in total. The van der Waals surface area contributed by atoms with Crippen molar-refractivity contribution in [2.45, 2.75) is 32.1 Å². The molecule has 0 aliphatic rings. The van der Waals surface area contributed by atoms with Crippen molar-refractivity contribution < 1.29 is 31.1 Å². The number of nitrogens with one attached hydrogen (secondary N) is 2. The van der Waals surface area contributed by atoms with Gasteiger partial charge in [-0.3, -0.25) is 4.79 Å². The Labute approximate surface area is 207 Å². The van der Waals surface area contributed by atoms with Crippen LogP contribution >= 0.6 is 0 Å². The minimum Gasteiger partial charge on any atom is -0.494 e. The maximum Gasteiger partial charge on any atom is 0.417 e. The molecule has 0 saturated heterocycles. The third kappa shape index (κ3) is 7.03. The Hall–Kier alpha value is -4.00. The van der Waals surface area contributed by atoms with Gasteiger partial charge in [0.2, 0.25) is 0 Å². The molecule has 7 nitrogen and oxygen atoms in total. The fourth-order valence-corrected chi connectivity index (χ4v) is 3.59. The molecular formula is C24H23F6N5O2. The summed E-state index contributed by atoms with van der Waals surface area (Å²) in [6, 6.07) is 11.1. The minimum atomic E-state index is -4.87. The van der Waals surface area contributed by atoms with Crippen LogP contribution in [-0.4, -0.2) is 23.6 Å². The van der Waals surface area contributed by atoms with Crippen LogP contribution in [0.4, 0.5) is 26.3 Å². The number of hydrogen-bond acceptors (Lipinski definition) is 5. The smallest absolute Gasteiger partial charge is 0.417 e. The first-order valence-corrected chi connectivity index (χ1v) is 10.8. The van der Waals surface area contributed by atoms with E-state index in [-0.39, 0.29) is 34.0 Å². The highest BCUT2D eigenvalue weighted by Crippen LogP contribution is 2.39. The summed E-state index contributed by atoms with van der Waals surface area (Å²) in [5, 5.41) is 3.62. The summed E-state index contributed by atoms with van der Waals surface area (Å²) in [7, 11) is 0. The van der Waals surface area contributed by atoms with E-state index in [9.17, 15) is 31.1 Å². The summed E-state index contributed by atoms with van der Waals surface area (Å²) in [6.45, 7) is 1.41. The molecule has 198 valence electrons. The van der Waals surface area contributed by atoms with Gasteiger partial charge in [0.05, 0.1) is 17.7 Å². The van der Waals surface area contributed by atoms with E-state index in [1.165, 1.54) is 12.1 Å². The number of benzene rings is 2. The Balaban J connectivity index is 2.11. The number of aromatic nitrogens is 1. The van der Waals surface area contributed by atoms with Crippen LogP contribution in [0.1, 0.15) is 29.5 Å². The molecule has 1 heterocycles. The zero-order valence-electron chi connectivity index (χ0n) is 19.4. The molecular weight excluding hydrogens is 504 g/mol. The van der Waals surface area contributed by atoms with E-state index < -0.39 is 42.9 Å². The van der Waals surface area contributed by atoms with Gasteiger partial charge in [-0.05, 0) is 43.2 Å². The molecule has 0 atom stereocenters. The van der Waals surface area contributed by atoms with Gasteiger partial charge in [0.25, 0.3) is 5.56 Å². The predicted octanol–water partition coefficient (Wildman–Crippen LogP) is 4.84. The summed E-state index contributed by atoms with van der Waals surface area (Å²) >= 11 is 0. The number of nitrogens with two attached hydrogens (primary N) is 2. The molecule has 3 aromatic rings. The van der Waals surface area contributed by atoms with Crippen molar-refractivity contribution in [1.82, 2.24) is 10.5 Å². The van der Waals surface area contributed by atoms with Crippen molar-refractivity contribution in [2.75, 3.05) is 6.61 Å². The predicted molar refractivity (Wildman–Crippen MR) is 127 cm³/mol. The van der Waals surface area contributed by atoms with Crippen LogP contribution in [0.25, 0.3) is 22.4 Å². The number of halogens is 6. The van der Waals surface area contributed by atoms with Crippen molar-refractivity contribution in [3.8, 4) is 28.1 Å². The zero-order chi connectivity index (χ0) is 27.4.